The molecule has 0 spiro atoms. The summed E-state index contributed by atoms with van der Waals surface area (Å²) in [6.45, 7) is 4.64. The van der Waals surface area contributed by atoms with Crippen molar-refractivity contribution in [1.82, 2.24) is 4.98 Å². The Morgan fingerprint density at radius 1 is 0.682 bits per heavy atom. The zero-order valence-electron chi connectivity index (χ0n) is 25.4. The third kappa shape index (κ3) is 5.34. The van der Waals surface area contributed by atoms with Crippen molar-refractivity contribution in [3.05, 3.63) is 162 Å². The minimum Gasteiger partial charge on any atom is -0.388 e. The predicted octanol–water partition coefficient (Wildman–Crippen LogP) is 8.71. The summed E-state index contributed by atoms with van der Waals surface area (Å²) in [6, 6.07) is 44.6. The average Bonchev–Trinajstić information content (AvgIpc) is 3.45. The molecule has 7 rings (SSSR count). The van der Waals surface area contributed by atoms with Crippen LogP contribution in [0.4, 0.5) is 0 Å². The van der Waals surface area contributed by atoms with E-state index in [9.17, 15) is 5.11 Å². The first-order valence-corrected chi connectivity index (χ1v) is 17.9. The van der Waals surface area contributed by atoms with E-state index in [0.717, 1.165) is 29.4 Å². The molecule has 2 N–H and O–H groups in total. The predicted molar refractivity (Wildman–Crippen MR) is 191 cm³/mol. The Labute approximate surface area is 261 Å². The van der Waals surface area contributed by atoms with Gasteiger partial charge in [0.05, 0.1) is 12.8 Å². The molecule has 5 aromatic carbocycles. The molecule has 3 unspecified atom stereocenters. The highest BCUT2D eigenvalue weighted by Crippen LogP contribution is 2.52. The highest BCUT2D eigenvalue weighted by atomic mass is 31.2. The van der Waals surface area contributed by atoms with Crippen molar-refractivity contribution >= 4 is 45.0 Å². The van der Waals surface area contributed by atoms with Gasteiger partial charge in [-0.1, -0.05) is 85.0 Å². The van der Waals surface area contributed by atoms with Crippen LogP contribution >= 0.6 is 7.26 Å². The van der Waals surface area contributed by atoms with Crippen molar-refractivity contribution in [3.8, 4) is 0 Å². The molecular weight excluding hydrogens is 553 g/mol. The van der Waals surface area contributed by atoms with Crippen LogP contribution in [0.15, 0.2) is 145 Å². The number of benzene rings is 5. The van der Waals surface area contributed by atoms with Crippen LogP contribution in [-0.2, 0) is 0 Å². The van der Waals surface area contributed by atoms with E-state index in [0.29, 0.717) is 6.42 Å². The number of aromatic amines is 1. The zero-order valence-corrected chi connectivity index (χ0v) is 26.3. The lowest BCUT2D eigenvalue weighted by Gasteiger charge is -2.24. The van der Waals surface area contributed by atoms with Crippen LogP contribution in [0, 0.1) is 6.92 Å². The Balaban J connectivity index is 1.36. The Hall–Kier alpha value is -4.23. The molecule has 0 saturated carbocycles. The molecule has 44 heavy (non-hydrogen) atoms. The quantitative estimate of drug-likeness (QED) is 0.170. The van der Waals surface area contributed by atoms with E-state index in [2.05, 4.69) is 158 Å². The Morgan fingerprint density at radius 2 is 1.36 bits per heavy atom. The lowest BCUT2D eigenvalue weighted by molar-refractivity contribution is 0.197. The molecule has 2 nitrogen and oxygen atoms in total. The molecule has 0 fully saturated rings. The lowest BCUT2D eigenvalue weighted by atomic mass is 9.84. The highest BCUT2D eigenvalue weighted by molar-refractivity contribution is 7.95. The molecule has 0 saturated heterocycles. The molecule has 1 aromatic heterocycles. The maximum Gasteiger partial charge on any atom is 0.109 e. The van der Waals surface area contributed by atoms with Gasteiger partial charge in [0.1, 0.15) is 23.2 Å². The Kier molecular flexibility index (Phi) is 7.81. The maximum absolute atomic E-state index is 11.4. The van der Waals surface area contributed by atoms with Gasteiger partial charge in [-0.3, -0.25) is 0 Å². The number of hydrogen-bond acceptors (Lipinski definition) is 1. The summed E-state index contributed by atoms with van der Waals surface area (Å²) in [6.07, 6.45) is 8.65. The molecule has 218 valence electrons. The van der Waals surface area contributed by atoms with Gasteiger partial charge in [0.25, 0.3) is 0 Å². The SMILES string of the molecule is Cc1cccc([P+](C)(c2ccccc2)c2ccc3[nH]c4ccc(C(CC(O)C5=CCCC=C5)c5ccccc5)cc4c3c2)c1. The van der Waals surface area contributed by atoms with Gasteiger partial charge in [0, 0.05) is 27.7 Å². The first-order chi connectivity index (χ1) is 21.5. The molecule has 0 bridgehead atoms. The minimum atomic E-state index is -1.88. The monoisotopic (exact) mass is 592 g/mol. The van der Waals surface area contributed by atoms with Crippen LogP contribution in [0.2, 0.25) is 0 Å². The number of aryl methyl sites for hydroxylation is 1. The van der Waals surface area contributed by atoms with Gasteiger partial charge in [0.2, 0.25) is 0 Å². The molecule has 1 heterocycles. The van der Waals surface area contributed by atoms with E-state index in [4.69, 9.17) is 0 Å². The Bertz CT molecular complexity index is 1990. The third-order valence-electron chi connectivity index (χ3n) is 9.39. The third-order valence-corrected chi connectivity index (χ3v) is 13.3. The van der Waals surface area contributed by atoms with Gasteiger partial charge < -0.3 is 10.1 Å². The zero-order chi connectivity index (χ0) is 30.1. The standard InChI is InChI=1S/C41H39NOP/c1-29-13-12-20-34(25-29)44(2,33-18-10-5-11-19-33)35-22-24-40-38(27-35)37-26-32(21-23-39(37)42-40)36(30-14-6-3-7-15-30)28-41(43)31-16-8-4-9-17-31/h3,5-8,10-27,36,41-43H,4,9,28H2,1-2H3/q+1. The van der Waals surface area contributed by atoms with Crippen molar-refractivity contribution in [1.29, 1.82) is 0 Å². The fraction of sp³-hybridized carbons (Fsp3) is 0.171. The van der Waals surface area contributed by atoms with Crippen molar-refractivity contribution in [3.63, 3.8) is 0 Å². The molecule has 1 aliphatic carbocycles. The van der Waals surface area contributed by atoms with Gasteiger partial charge in [-0.25, -0.2) is 0 Å². The second-order valence-corrected chi connectivity index (χ2v) is 15.8. The smallest absolute Gasteiger partial charge is 0.109 e. The van der Waals surface area contributed by atoms with Crippen molar-refractivity contribution in [2.45, 2.75) is 38.2 Å². The summed E-state index contributed by atoms with van der Waals surface area (Å²) in [7, 11) is -1.88. The normalized spacial score (nSPS) is 16.0. The van der Waals surface area contributed by atoms with Gasteiger partial charge >= 0.3 is 0 Å². The number of aliphatic hydroxyl groups is 1. The van der Waals surface area contributed by atoms with E-state index in [-0.39, 0.29) is 5.92 Å². The number of hydrogen-bond donors (Lipinski definition) is 2. The molecular formula is C41H39NOP+. The number of fused-ring (bicyclic) bond motifs is 3. The van der Waals surface area contributed by atoms with Crippen LogP contribution in [0.5, 0.6) is 0 Å². The maximum atomic E-state index is 11.4. The van der Waals surface area contributed by atoms with E-state index >= 15 is 0 Å². The molecule has 6 aromatic rings. The van der Waals surface area contributed by atoms with Crippen LogP contribution in [0.3, 0.4) is 0 Å². The number of allylic oxidation sites excluding steroid dienone is 2. The molecule has 0 amide bonds. The summed E-state index contributed by atoms with van der Waals surface area (Å²) in [5.41, 5.74) is 7.08. The Morgan fingerprint density at radius 3 is 2.09 bits per heavy atom. The fourth-order valence-electron chi connectivity index (χ4n) is 6.87. The number of rotatable bonds is 8. The first kappa shape index (κ1) is 28.5. The molecule has 0 aliphatic heterocycles. The van der Waals surface area contributed by atoms with E-state index in [1.54, 1.807) is 0 Å². The molecule has 1 aliphatic rings. The second-order valence-electron chi connectivity index (χ2n) is 12.2. The summed E-state index contributed by atoms with van der Waals surface area (Å²) in [5.74, 6) is 0.0781. The molecule has 3 heteroatoms. The fourth-order valence-corrected chi connectivity index (χ4v) is 10.1. The van der Waals surface area contributed by atoms with Gasteiger partial charge in [-0.2, -0.15) is 0 Å². The van der Waals surface area contributed by atoms with Crippen LogP contribution in [-0.4, -0.2) is 22.9 Å². The average molecular weight is 593 g/mol. The van der Waals surface area contributed by atoms with Crippen molar-refractivity contribution < 1.29 is 5.11 Å². The number of H-pyrrole nitrogens is 1. The van der Waals surface area contributed by atoms with Crippen LogP contribution in [0.25, 0.3) is 21.8 Å². The summed E-state index contributed by atoms with van der Waals surface area (Å²) in [4.78, 5) is 3.69. The summed E-state index contributed by atoms with van der Waals surface area (Å²) >= 11 is 0. The van der Waals surface area contributed by atoms with E-state index in [1.807, 2.05) is 0 Å². The van der Waals surface area contributed by atoms with Gasteiger partial charge in [-0.05, 0) is 103 Å². The van der Waals surface area contributed by atoms with E-state index in [1.165, 1.54) is 43.4 Å². The number of aliphatic hydroxyl groups excluding tert-OH is 1. The van der Waals surface area contributed by atoms with Crippen molar-refractivity contribution in [2.75, 3.05) is 6.66 Å². The second kappa shape index (κ2) is 12.0. The minimum absolute atomic E-state index is 0.0781. The lowest BCUT2D eigenvalue weighted by Crippen LogP contribution is -2.30. The number of aromatic nitrogens is 1. The van der Waals surface area contributed by atoms with E-state index < -0.39 is 13.4 Å². The topological polar surface area (TPSA) is 36.0 Å². The summed E-state index contributed by atoms with van der Waals surface area (Å²) < 4.78 is 0. The molecule has 3 atom stereocenters. The van der Waals surface area contributed by atoms with Crippen molar-refractivity contribution in [2.24, 2.45) is 0 Å². The van der Waals surface area contributed by atoms with Crippen LogP contribution in [0.1, 0.15) is 41.9 Å². The van der Waals surface area contributed by atoms with Gasteiger partial charge in [0.15, 0.2) is 0 Å². The first-order valence-electron chi connectivity index (χ1n) is 15.7. The highest BCUT2D eigenvalue weighted by Gasteiger charge is 2.40. The van der Waals surface area contributed by atoms with Crippen LogP contribution < -0.4 is 15.9 Å². The number of nitrogens with one attached hydrogen (secondary N) is 1. The largest absolute Gasteiger partial charge is 0.388 e. The summed E-state index contributed by atoms with van der Waals surface area (Å²) in [5, 5.41) is 18.0. The van der Waals surface area contributed by atoms with Gasteiger partial charge in [-0.15, -0.1) is 0 Å². The molecule has 0 radical (unpaired) electrons.